The van der Waals surface area contributed by atoms with Gasteiger partial charge in [-0.15, -0.1) is 0 Å². The SMILES string of the molecule is CC1CCN(c2cccc3ccccc23)CCN1. The predicted octanol–water partition coefficient (Wildman–Crippen LogP) is 3.03. The highest BCUT2D eigenvalue weighted by molar-refractivity contribution is 5.94. The van der Waals surface area contributed by atoms with Gasteiger partial charge in [0.1, 0.15) is 0 Å². The van der Waals surface area contributed by atoms with Crippen molar-refractivity contribution >= 4 is 16.5 Å². The van der Waals surface area contributed by atoms with Crippen molar-refractivity contribution in [1.29, 1.82) is 0 Å². The van der Waals surface area contributed by atoms with Gasteiger partial charge in [0, 0.05) is 36.7 Å². The van der Waals surface area contributed by atoms with Crippen LogP contribution >= 0.6 is 0 Å². The summed E-state index contributed by atoms with van der Waals surface area (Å²) >= 11 is 0. The third kappa shape index (κ3) is 2.21. The molecule has 1 N–H and O–H groups in total. The molecule has 1 saturated heterocycles. The van der Waals surface area contributed by atoms with E-state index in [9.17, 15) is 0 Å². The molecule has 94 valence electrons. The molecular weight excluding hydrogens is 220 g/mol. The summed E-state index contributed by atoms with van der Waals surface area (Å²) in [7, 11) is 0. The first-order valence-electron chi connectivity index (χ1n) is 6.81. The minimum absolute atomic E-state index is 0.630. The number of hydrogen-bond acceptors (Lipinski definition) is 2. The van der Waals surface area contributed by atoms with Gasteiger partial charge in [-0.25, -0.2) is 0 Å². The fraction of sp³-hybridized carbons (Fsp3) is 0.375. The van der Waals surface area contributed by atoms with Crippen molar-refractivity contribution in [2.24, 2.45) is 0 Å². The summed E-state index contributed by atoms with van der Waals surface area (Å²) in [6.07, 6.45) is 1.21. The standard InChI is InChI=1S/C16H20N2/c1-13-9-11-18(12-10-17-13)16-8-4-6-14-5-2-3-7-15(14)16/h2-8,13,17H,9-12H2,1H3. The van der Waals surface area contributed by atoms with E-state index >= 15 is 0 Å². The summed E-state index contributed by atoms with van der Waals surface area (Å²) in [6, 6.07) is 15.9. The fourth-order valence-electron chi connectivity index (χ4n) is 2.73. The van der Waals surface area contributed by atoms with Crippen LogP contribution in [0.3, 0.4) is 0 Å². The van der Waals surface area contributed by atoms with Crippen molar-refractivity contribution in [2.75, 3.05) is 24.5 Å². The van der Waals surface area contributed by atoms with Crippen LogP contribution in [-0.2, 0) is 0 Å². The summed E-state index contributed by atoms with van der Waals surface area (Å²) in [4.78, 5) is 2.51. The van der Waals surface area contributed by atoms with Crippen molar-refractivity contribution in [3.8, 4) is 0 Å². The molecule has 0 bridgehead atoms. The van der Waals surface area contributed by atoms with E-state index in [0.29, 0.717) is 6.04 Å². The van der Waals surface area contributed by atoms with Crippen LogP contribution in [0.4, 0.5) is 5.69 Å². The molecule has 1 aliphatic heterocycles. The minimum Gasteiger partial charge on any atom is -0.370 e. The summed E-state index contributed by atoms with van der Waals surface area (Å²) in [5.41, 5.74) is 1.38. The first-order chi connectivity index (χ1) is 8.84. The molecule has 1 atom stereocenters. The average molecular weight is 240 g/mol. The Labute approximate surface area is 109 Å². The summed E-state index contributed by atoms with van der Waals surface area (Å²) < 4.78 is 0. The van der Waals surface area contributed by atoms with E-state index in [2.05, 4.69) is 59.6 Å². The van der Waals surface area contributed by atoms with Crippen molar-refractivity contribution in [2.45, 2.75) is 19.4 Å². The van der Waals surface area contributed by atoms with E-state index in [1.165, 1.54) is 22.9 Å². The lowest BCUT2D eigenvalue weighted by Crippen LogP contribution is -2.29. The molecule has 0 aliphatic carbocycles. The topological polar surface area (TPSA) is 15.3 Å². The van der Waals surface area contributed by atoms with Crippen LogP contribution in [0.1, 0.15) is 13.3 Å². The van der Waals surface area contributed by atoms with Gasteiger partial charge < -0.3 is 10.2 Å². The maximum atomic E-state index is 3.55. The molecular formula is C16H20N2. The molecule has 0 aromatic heterocycles. The first-order valence-corrected chi connectivity index (χ1v) is 6.81. The largest absolute Gasteiger partial charge is 0.370 e. The number of anilines is 1. The highest BCUT2D eigenvalue weighted by Crippen LogP contribution is 2.27. The van der Waals surface area contributed by atoms with E-state index < -0.39 is 0 Å². The summed E-state index contributed by atoms with van der Waals surface area (Å²) in [5.74, 6) is 0. The van der Waals surface area contributed by atoms with Gasteiger partial charge in [-0.3, -0.25) is 0 Å². The number of benzene rings is 2. The van der Waals surface area contributed by atoms with Gasteiger partial charge in [-0.05, 0) is 24.8 Å². The maximum Gasteiger partial charge on any atom is 0.0446 e. The number of rotatable bonds is 1. The number of nitrogens with one attached hydrogen (secondary N) is 1. The average Bonchev–Trinajstić information content (AvgIpc) is 2.63. The number of hydrogen-bond donors (Lipinski definition) is 1. The predicted molar refractivity (Wildman–Crippen MR) is 78.2 cm³/mol. The van der Waals surface area contributed by atoms with Crippen LogP contribution in [0.15, 0.2) is 42.5 Å². The molecule has 0 radical (unpaired) electrons. The van der Waals surface area contributed by atoms with Crippen molar-refractivity contribution in [3.05, 3.63) is 42.5 Å². The lowest BCUT2D eigenvalue weighted by molar-refractivity contribution is 0.566. The van der Waals surface area contributed by atoms with Crippen LogP contribution in [0, 0.1) is 0 Å². The molecule has 1 heterocycles. The Balaban J connectivity index is 1.98. The van der Waals surface area contributed by atoms with E-state index in [-0.39, 0.29) is 0 Å². The Morgan fingerprint density at radius 1 is 1.06 bits per heavy atom. The van der Waals surface area contributed by atoms with Gasteiger partial charge in [0.05, 0.1) is 0 Å². The Morgan fingerprint density at radius 2 is 1.89 bits per heavy atom. The Morgan fingerprint density at radius 3 is 2.83 bits per heavy atom. The normalized spacial score (nSPS) is 20.9. The lowest BCUT2D eigenvalue weighted by Gasteiger charge is -2.24. The van der Waals surface area contributed by atoms with E-state index in [1.807, 2.05) is 0 Å². The van der Waals surface area contributed by atoms with Gasteiger partial charge in [-0.1, -0.05) is 36.4 Å². The zero-order valence-electron chi connectivity index (χ0n) is 10.9. The molecule has 1 aliphatic rings. The van der Waals surface area contributed by atoms with Gasteiger partial charge in [0.2, 0.25) is 0 Å². The third-order valence-corrected chi connectivity index (χ3v) is 3.81. The second-order valence-corrected chi connectivity index (χ2v) is 5.13. The van der Waals surface area contributed by atoms with Gasteiger partial charge >= 0.3 is 0 Å². The second kappa shape index (κ2) is 4.99. The van der Waals surface area contributed by atoms with Crippen LogP contribution in [0.5, 0.6) is 0 Å². The minimum atomic E-state index is 0.630. The molecule has 0 spiro atoms. The first kappa shape index (κ1) is 11.5. The summed E-state index contributed by atoms with van der Waals surface area (Å²) in [5, 5.41) is 6.25. The molecule has 2 nitrogen and oxygen atoms in total. The third-order valence-electron chi connectivity index (χ3n) is 3.81. The zero-order chi connectivity index (χ0) is 12.4. The summed E-state index contributed by atoms with van der Waals surface area (Å²) in [6.45, 7) is 5.58. The van der Waals surface area contributed by atoms with Crippen LogP contribution in [0.25, 0.3) is 10.8 Å². The van der Waals surface area contributed by atoms with Gasteiger partial charge in [0.25, 0.3) is 0 Å². The number of nitrogens with zero attached hydrogens (tertiary/aromatic N) is 1. The molecule has 2 aromatic carbocycles. The highest BCUT2D eigenvalue weighted by atomic mass is 15.2. The molecule has 2 aromatic rings. The maximum absolute atomic E-state index is 3.55. The van der Waals surface area contributed by atoms with E-state index in [4.69, 9.17) is 0 Å². The van der Waals surface area contributed by atoms with Crippen LogP contribution in [0.2, 0.25) is 0 Å². The van der Waals surface area contributed by atoms with Crippen molar-refractivity contribution < 1.29 is 0 Å². The smallest absolute Gasteiger partial charge is 0.0446 e. The molecule has 2 heteroatoms. The second-order valence-electron chi connectivity index (χ2n) is 5.13. The van der Waals surface area contributed by atoms with E-state index in [0.717, 1.165) is 19.6 Å². The molecule has 3 rings (SSSR count). The molecule has 0 amide bonds. The molecule has 0 saturated carbocycles. The molecule has 1 fully saturated rings. The monoisotopic (exact) mass is 240 g/mol. The molecule has 1 unspecified atom stereocenters. The lowest BCUT2D eigenvalue weighted by atomic mass is 10.1. The number of fused-ring (bicyclic) bond motifs is 1. The van der Waals surface area contributed by atoms with E-state index in [1.54, 1.807) is 0 Å². The molecule has 18 heavy (non-hydrogen) atoms. The quantitative estimate of drug-likeness (QED) is 0.824. The van der Waals surface area contributed by atoms with Gasteiger partial charge in [-0.2, -0.15) is 0 Å². The van der Waals surface area contributed by atoms with Crippen LogP contribution < -0.4 is 10.2 Å². The van der Waals surface area contributed by atoms with Crippen molar-refractivity contribution in [1.82, 2.24) is 5.32 Å². The fourth-order valence-corrected chi connectivity index (χ4v) is 2.73. The Hall–Kier alpha value is -1.54. The van der Waals surface area contributed by atoms with Crippen molar-refractivity contribution in [3.63, 3.8) is 0 Å². The van der Waals surface area contributed by atoms with Crippen LogP contribution in [-0.4, -0.2) is 25.7 Å². The Kier molecular flexibility index (Phi) is 3.20. The Bertz CT molecular complexity index is 530. The highest BCUT2D eigenvalue weighted by Gasteiger charge is 2.14. The van der Waals surface area contributed by atoms with Gasteiger partial charge in [0.15, 0.2) is 0 Å². The zero-order valence-corrected chi connectivity index (χ0v) is 10.9.